The highest BCUT2D eigenvalue weighted by Crippen LogP contribution is 1.98. The van der Waals surface area contributed by atoms with E-state index in [0.717, 1.165) is 0 Å². The van der Waals surface area contributed by atoms with Gasteiger partial charge in [-0.25, -0.2) is 0 Å². The molecule has 0 N–H and O–H groups in total. The van der Waals surface area contributed by atoms with E-state index >= 15 is 0 Å². The van der Waals surface area contributed by atoms with Gasteiger partial charge in [-0.1, -0.05) is 6.92 Å². The molecule has 0 unspecified atom stereocenters. The molecule has 5 heavy (non-hydrogen) atoms. The molecule has 0 saturated carbocycles. The quantitative estimate of drug-likeness (QED) is 0.465. The van der Waals surface area contributed by atoms with Crippen molar-refractivity contribution < 1.29 is 0 Å². The fourth-order valence-electron chi connectivity index (χ4n) is 0. The van der Waals surface area contributed by atoms with E-state index in [1.54, 1.807) is 5.75 Å². The Balaban J connectivity index is 2.54. The van der Waals surface area contributed by atoms with Crippen molar-refractivity contribution in [3.8, 4) is 0 Å². The summed E-state index contributed by atoms with van der Waals surface area (Å²) in [7, 11) is 0. The molecule has 0 rings (SSSR count). The molecule has 0 heterocycles. The number of rotatable bonds is 1. The van der Waals surface area contributed by atoms with E-state index in [2.05, 4.69) is 25.3 Å². The molecule has 0 aromatic carbocycles. The zero-order valence-electron chi connectivity index (χ0n) is 3.05. The van der Waals surface area contributed by atoms with Crippen LogP contribution >= 0.6 is 25.3 Å². The summed E-state index contributed by atoms with van der Waals surface area (Å²) in [5, 5.41) is 0.318. The summed E-state index contributed by atoms with van der Waals surface area (Å²) >= 11 is 7.78. The highest BCUT2D eigenvalue weighted by atomic mass is 32.1. The predicted octanol–water partition coefficient (Wildman–Crippen LogP) is 1.40. The van der Waals surface area contributed by atoms with Crippen molar-refractivity contribution >= 4 is 25.3 Å². The van der Waals surface area contributed by atoms with Gasteiger partial charge in [0, 0.05) is 11.0 Å². The van der Waals surface area contributed by atoms with Crippen LogP contribution in [-0.4, -0.2) is 5.25 Å². The smallest absolute Gasteiger partial charge is 0.0258 e. The fourth-order valence-corrected chi connectivity index (χ4v) is 0. The van der Waals surface area contributed by atoms with E-state index in [-0.39, 0.29) is 0 Å². The van der Waals surface area contributed by atoms with Crippen molar-refractivity contribution in [2.75, 3.05) is 0 Å². The van der Waals surface area contributed by atoms with Crippen LogP contribution in [0.5, 0.6) is 0 Å². The first-order valence-electron chi connectivity index (χ1n) is 1.43. The minimum absolute atomic E-state index is 0.318. The molecule has 2 heteroatoms. The molecular weight excluding hydrogens is 100 g/mol. The molecule has 0 spiro atoms. The summed E-state index contributed by atoms with van der Waals surface area (Å²) in [6.45, 7) is 1.95. The van der Waals surface area contributed by atoms with E-state index in [4.69, 9.17) is 0 Å². The lowest BCUT2D eigenvalue weighted by Gasteiger charge is -1.88. The topological polar surface area (TPSA) is 0 Å². The Labute approximate surface area is 43.8 Å². The van der Waals surface area contributed by atoms with Crippen LogP contribution in [-0.2, 0) is 0 Å². The monoisotopic (exact) mass is 107 g/mol. The molecule has 0 nitrogen and oxygen atoms in total. The molecule has 0 aliphatic carbocycles. The first-order chi connectivity index (χ1) is 2.27. The Bertz CT molecular complexity index is 18.9. The second-order valence-corrected chi connectivity index (χ2v) is 2.00. The Morgan fingerprint density at radius 2 is 2.00 bits per heavy atom. The average molecular weight is 107 g/mol. The molecule has 0 aromatic heterocycles. The van der Waals surface area contributed by atoms with E-state index in [9.17, 15) is 0 Å². The van der Waals surface area contributed by atoms with Crippen LogP contribution in [0.3, 0.4) is 0 Å². The van der Waals surface area contributed by atoms with Crippen molar-refractivity contribution in [3.63, 3.8) is 0 Å². The van der Waals surface area contributed by atoms with Crippen LogP contribution in [0.1, 0.15) is 6.92 Å². The van der Waals surface area contributed by atoms with Crippen molar-refractivity contribution in [2.24, 2.45) is 0 Å². The molecular formula is C3H7S2. The lowest BCUT2D eigenvalue weighted by molar-refractivity contribution is 1.24. The van der Waals surface area contributed by atoms with Crippen LogP contribution in [0.15, 0.2) is 0 Å². The maximum Gasteiger partial charge on any atom is 0.0258 e. The van der Waals surface area contributed by atoms with Crippen LogP contribution in [0.25, 0.3) is 0 Å². The van der Waals surface area contributed by atoms with Gasteiger partial charge in [0.25, 0.3) is 0 Å². The van der Waals surface area contributed by atoms with Gasteiger partial charge in [-0.05, 0) is 0 Å². The summed E-state index contributed by atoms with van der Waals surface area (Å²) in [4.78, 5) is 0. The summed E-state index contributed by atoms with van der Waals surface area (Å²) < 4.78 is 0. The molecule has 1 radical (unpaired) electrons. The maximum atomic E-state index is 3.97. The third kappa shape index (κ3) is 4.70. The standard InChI is InChI=1S/C3H7S2/c1-3(5)2-4/h2-5H,1H3/t3-/m1/s1. The van der Waals surface area contributed by atoms with Gasteiger partial charge in [0.15, 0.2) is 0 Å². The molecule has 0 amide bonds. The molecule has 0 bridgehead atoms. The van der Waals surface area contributed by atoms with Crippen LogP contribution in [0.2, 0.25) is 0 Å². The zero-order valence-corrected chi connectivity index (χ0v) is 4.84. The third-order valence-corrected chi connectivity index (χ3v) is 1.05. The molecule has 0 saturated heterocycles. The largest absolute Gasteiger partial charge is 0.175 e. The van der Waals surface area contributed by atoms with Gasteiger partial charge in [-0.2, -0.15) is 25.3 Å². The molecule has 31 valence electrons. The maximum absolute atomic E-state index is 3.97. The second kappa shape index (κ2) is 2.91. The zero-order chi connectivity index (χ0) is 4.28. The van der Waals surface area contributed by atoms with Gasteiger partial charge in [0.2, 0.25) is 0 Å². The van der Waals surface area contributed by atoms with Crippen molar-refractivity contribution in [3.05, 3.63) is 5.75 Å². The Kier molecular flexibility index (Phi) is 3.32. The summed E-state index contributed by atoms with van der Waals surface area (Å²) in [5.41, 5.74) is 0. The van der Waals surface area contributed by atoms with Crippen molar-refractivity contribution in [1.82, 2.24) is 0 Å². The fraction of sp³-hybridized carbons (Fsp3) is 0.667. The Hall–Kier alpha value is 0.700. The summed E-state index contributed by atoms with van der Waals surface area (Å²) in [6, 6.07) is 0. The SMILES string of the molecule is C[C@@H](S)[CH]S. The Morgan fingerprint density at radius 3 is 2.00 bits per heavy atom. The first kappa shape index (κ1) is 5.70. The first-order valence-corrected chi connectivity index (χ1v) is 2.46. The molecule has 0 aliphatic heterocycles. The second-order valence-electron chi connectivity index (χ2n) is 0.890. The van der Waals surface area contributed by atoms with Gasteiger partial charge >= 0.3 is 0 Å². The van der Waals surface area contributed by atoms with Gasteiger partial charge in [-0.3, -0.25) is 0 Å². The highest BCUT2D eigenvalue weighted by molar-refractivity contribution is 7.86. The number of hydrogen-bond donors (Lipinski definition) is 2. The minimum Gasteiger partial charge on any atom is -0.175 e. The van der Waals surface area contributed by atoms with Crippen molar-refractivity contribution in [2.45, 2.75) is 12.2 Å². The highest BCUT2D eigenvalue weighted by Gasteiger charge is 1.82. The molecule has 1 atom stereocenters. The van der Waals surface area contributed by atoms with Gasteiger partial charge in [-0.15, -0.1) is 0 Å². The summed E-state index contributed by atoms with van der Waals surface area (Å²) in [5.74, 6) is 1.73. The average Bonchev–Trinajstić information content (AvgIpc) is 1.38. The van der Waals surface area contributed by atoms with Crippen LogP contribution < -0.4 is 0 Å². The summed E-state index contributed by atoms with van der Waals surface area (Å²) in [6.07, 6.45) is 0. The minimum atomic E-state index is 0.318. The van der Waals surface area contributed by atoms with Gasteiger partial charge in [0.05, 0.1) is 0 Å². The molecule has 0 fully saturated rings. The van der Waals surface area contributed by atoms with Crippen molar-refractivity contribution in [1.29, 1.82) is 0 Å². The molecule has 0 aromatic rings. The lowest BCUT2D eigenvalue weighted by Crippen LogP contribution is -1.80. The van der Waals surface area contributed by atoms with Gasteiger partial charge < -0.3 is 0 Å². The van der Waals surface area contributed by atoms with E-state index < -0.39 is 0 Å². The van der Waals surface area contributed by atoms with E-state index in [1.807, 2.05) is 6.92 Å². The number of thiol groups is 2. The normalized spacial score (nSPS) is 15.0. The van der Waals surface area contributed by atoms with E-state index in [1.165, 1.54) is 0 Å². The van der Waals surface area contributed by atoms with Gasteiger partial charge in [0.1, 0.15) is 0 Å². The predicted molar refractivity (Wildman–Crippen MR) is 31.7 cm³/mol. The lowest BCUT2D eigenvalue weighted by atomic mass is 10.6. The Morgan fingerprint density at radius 1 is 1.80 bits per heavy atom. The third-order valence-electron chi connectivity index (χ3n) is 0.216. The molecule has 0 aliphatic rings. The van der Waals surface area contributed by atoms with E-state index in [0.29, 0.717) is 5.25 Å². The number of hydrogen-bond acceptors (Lipinski definition) is 2. The van der Waals surface area contributed by atoms with Crippen LogP contribution in [0, 0.1) is 5.75 Å². The van der Waals surface area contributed by atoms with Crippen LogP contribution in [0.4, 0.5) is 0 Å².